The Kier molecular flexibility index (Phi) is 7.70. The number of hydrogen-bond donors (Lipinski definition) is 1. The third-order valence-electron chi connectivity index (χ3n) is 5.60. The molecular weight excluding hydrogens is 398 g/mol. The highest BCUT2D eigenvalue weighted by atomic mass is 16.5. The number of phenolic OH excluding ortho intramolecular Hbond substituents is 1. The molecule has 4 rings (SSSR count). The van der Waals surface area contributed by atoms with Crippen LogP contribution in [0.4, 0.5) is 5.69 Å². The van der Waals surface area contributed by atoms with Crippen LogP contribution >= 0.6 is 0 Å². The van der Waals surface area contributed by atoms with Crippen molar-refractivity contribution in [1.82, 2.24) is 0 Å². The van der Waals surface area contributed by atoms with Crippen LogP contribution in [0.2, 0.25) is 0 Å². The molecule has 168 valence electrons. The number of anilines is 1. The Labute approximate surface area is 191 Å². The largest absolute Gasteiger partial charge is 0.507 e. The van der Waals surface area contributed by atoms with Gasteiger partial charge in [0, 0.05) is 30.7 Å². The van der Waals surface area contributed by atoms with Crippen LogP contribution < -0.4 is 4.90 Å². The van der Waals surface area contributed by atoms with Crippen LogP contribution in [0.1, 0.15) is 49.4 Å². The van der Waals surface area contributed by atoms with E-state index in [1.165, 1.54) is 6.42 Å². The summed E-state index contributed by atoms with van der Waals surface area (Å²) in [4.78, 5) is 15.0. The summed E-state index contributed by atoms with van der Waals surface area (Å²) in [6, 6.07) is 15.7. The van der Waals surface area contributed by atoms with E-state index in [0.717, 1.165) is 45.1 Å². The summed E-state index contributed by atoms with van der Waals surface area (Å²) in [5.41, 5.74) is 5.81. The van der Waals surface area contributed by atoms with Gasteiger partial charge in [-0.3, -0.25) is 4.79 Å². The van der Waals surface area contributed by atoms with Gasteiger partial charge in [0.05, 0.1) is 12.3 Å². The highest BCUT2D eigenvalue weighted by Crippen LogP contribution is 2.40. The van der Waals surface area contributed by atoms with Gasteiger partial charge in [0.25, 0.3) is 5.91 Å². The number of phenols is 1. The van der Waals surface area contributed by atoms with Gasteiger partial charge in [-0.2, -0.15) is 0 Å². The molecule has 3 aromatic rings. The molecule has 0 saturated heterocycles. The number of methoxy groups -OCH3 is 1. The molecule has 1 N–H and O–H groups in total. The summed E-state index contributed by atoms with van der Waals surface area (Å²) in [6.07, 6.45) is 3.98. The Morgan fingerprint density at radius 3 is 2.50 bits per heavy atom. The Morgan fingerprint density at radius 1 is 1.12 bits per heavy atom. The number of aryl methyl sites for hydroxylation is 1. The summed E-state index contributed by atoms with van der Waals surface area (Å²) < 4.78 is 5.22. The number of fused-ring (bicyclic) bond motifs is 3. The molecule has 1 aliphatic rings. The van der Waals surface area contributed by atoms with Crippen molar-refractivity contribution >= 4 is 28.4 Å². The third-order valence-corrected chi connectivity index (χ3v) is 5.60. The molecule has 0 saturated carbocycles. The minimum atomic E-state index is -0.0324. The maximum atomic E-state index is 13.2. The maximum absolute atomic E-state index is 13.2. The van der Waals surface area contributed by atoms with Crippen molar-refractivity contribution in [2.45, 2.75) is 47.1 Å². The summed E-state index contributed by atoms with van der Waals surface area (Å²) >= 11 is 0. The molecule has 0 aliphatic carbocycles. The number of amides is 1. The van der Waals surface area contributed by atoms with Gasteiger partial charge < -0.3 is 14.7 Å². The van der Waals surface area contributed by atoms with Crippen molar-refractivity contribution in [3.05, 3.63) is 76.4 Å². The maximum Gasteiger partial charge on any atom is 0.253 e. The predicted octanol–water partition coefficient (Wildman–Crippen LogP) is 6.41. The van der Waals surface area contributed by atoms with Crippen molar-refractivity contribution < 1.29 is 14.6 Å². The zero-order valence-electron chi connectivity index (χ0n) is 19.7. The van der Waals surface area contributed by atoms with Crippen molar-refractivity contribution in [3.63, 3.8) is 0 Å². The van der Waals surface area contributed by atoms with Gasteiger partial charge in [0.1, 0.15) is 5.75 Å². The molecule has 0 aromatic heterocycles. The molecule has 1 aliphatic heterocycles. The van der Waals surface area contributed by atoms with Crippen molar-refractivity contribution in [2.24, 2.45) is 0 Å². The van der Waals surface area contributed by atoms with E-state index in [1.807, 2.05) is 56.3 Å². The van der Waals surface area contributed by atoms with Crippen LogP contribution in [0, 0.1) is 6.92 Å². The van der Waals surface area contributed by atoms with E-state index in [9.17, 15) is 9.90 Å². The molecule has 0 fully saturated rings. The van der Waals surface area contributed by atoms with Crippen molar-refractivity contribution in [3.8, 4) is 5.75 Å². The molecule has 0 atom stereocenters. The Hall–Kier alpha value is -3.11. The second kappa shape index (κ2) is 10.5. The molecule has 0 bridgehead atoms. The van der Waals surface area contributed by atoms with Crippen LogP contribution in [-0.2, 0) is 22.6 Å². The minimum absolute atomic E-state index is 0.0324. The second-order valence-electron chi connectivity index (χ2n) is 8.30. The number of aromatic hydroxyl groups is 1. The van der Waals surface area contributed by atoms with Gasteiger partial charge in [0.2, 0.25) is 0 Å². The fourth-order valence-electron chi connectivity index (χ4n) is 4.07. The van der Waals surface area contributed by atoms with Crippen LogP contribution in [0.3, 0.4) is 0 Å². The number of hydrogen-bond acceptors (Lipinski definition) is 3. The zero-order valence-corrected chi connectivity index (χ0v) is 19.7. The first kappa shape index (κ1) is 23.6. The second-order valence-corrected chi connectivity index (χ2v) is 8.30. The Bertz CT molecular complexity index is 1150. The lowest BCUT2D eigenvalue weighted by Gasteiger charge is -2.19. The van der Waals surface area contributed by atoms with Gasteiger partial charge in [-0.05, 0) is 60.1 Å². The number of nitrogens with zero attached hydrogens (tertiary/aromatic N) is 1. The molecular formula is C28H33NO3. The number of carbonyl (C=O) groups excluding carboxylic acids is 1. The van der Waals surface area contributed by atoms with Crippen molar-refractivity contribution in [1.29, 1.82) is 0 Å². The number of ether oxygens (including phenoxy) is 1. The summed E-state index contributed by atoms with van der Waals surface area (Å²) in [5.74, 6) is 0.179. The van der Waals surface area contributed by atoms with E-state index < -0.39 is 0 Å². The fourth-order valence-corrected chi connectivity index (χ4v) is 4.07. The van der Waals surface area contributed by atoms with Crippen LogP contribution in [0.25, 0.3) is 16.8 Å². The van der Waals surface area contributed by atoms with Gasteiger partial charge in [-0.25, -0.2) is 0 Å². The molecule has 0 unspecified atom stereocenters. The molecule has 0 radical (unpaired) electrons. The zero-order chi connectivity index (χ0) is 23.3. The van der Waals surface area contributed by atoms with Gasteiger partial charge in [-0.1, -0.05) is 56.7 Å². The SMILES string of the molecule is CCC.COCc1ccc(C)c(/C=C(\C)C(=O)N2CCc3c2cc(O)c2ccccc32)c1. The summed E-state index contributed by atoms with van der Waals surface area (Å²) in [6.45, 7) is 9.30. The van der Waals surface area contributed by atoms with E-state index in [-0.39, 0.29) is 11.7 Å². The molecule has 0 spiro atoms. The smallest absolute Gasteiger partial charge is 0.253 e. The standard InChI is InChI=1S/C25H25NO3.C3H8/c1-16-8-9-18(15-29-3)13-19(16)12-17(2)25(28)26-11-10-21-20-6-4-5-7-22(20)24(27)14-23(21)26;1-3-2/h4-9,12-14,27H,10-11,15H2,1-3H3;3H2,1-2H3/b17-12+;. The van der Waals surface area contributed by atoms with Crippen LogP contribution in [0.15, 0.2) is 54.1 Å². The van der Waals surface area contributed by atoms with Gasteiger partial charge in [0.15, 0.2) is 0 Å². The molecule has 3 aromatic carbocycles. The molecule has 1 heterocycles. The van der Waals surface area contributed by atoms with Gasteiger partial charge >= 0.3 is 0 Å². The highest BCUT2D eigenvalue weighted by Gasteiger charge is 2.28. The lowest BCUT2D eigenvalue weighted by atomic mass is 10.0. The number of carbonyl (C=O) groups is 1. The topological polar surface area (TPSA) is 49.8 Å². The first-order valence-electron chi connectivity index (χ1n) is 11.2. The Morgan fingerprint density at radius 2 is 1.81 bits per heavy atom. The molecule has 4 nitrogen and oxygen atoms in total. The normalized spacial score (nSPS) is 13.0. The Balaban J connectivity index is 0.000000913. The third kappa shape index (κ3) is 4.86. The first-order chi connectivity index (χ1) is 15.4. The van der Waals surface area contributed by atoms with E-state index >= 15 is 0 Å². The van der Waals surface area contributed by atoms with Crippen LogP contribution in [-0.4, -0.2) is 24.7 Å². The van der Waals surface area contributed by atoms with Crippen LogP contribution in [0.5, 0.6) is 5.75 Å². The number of benzene rings is 3. The summed E-state index contributed by atoms with van der Waals surface area (Å²) in [5, 5.41) is 12.3. The average Bonchev–Trinajstić information content (AvgIpc) is 3.20. The molecule has 1 amide bonds. The number of rotatable bonds is 4. The highest BCUT2D eigenvalue weighted by molar-refractivity contribution is 6.11. The predicted molar refractivity (Wildman–Crippen MR) is 133 cm³/mol. The fraction of sp³-hybridized carbons (Fsp3) is 0.321. The quantitative estimate of drug-likeness (QED) is 0.486. The molecule has 4 heteroatoms. The minimum Gasteiger partial charge on any atom is -0.507 e. The van der Waals surface area contributed by atoms with E-state index in [0.29, 0.717) is 18.7 Å². The van der Waals surface area contributed by atoms with Gasteiger partial charge in [-0.15, -0.1) is 0 Å². The average molecular weight is 432 g/mol. The summed E-state index contributed by atoms with van der Waals surface area (Å²) in [7, 11) is 1.67. The van der Waals surface area contributed by atoms with E-state index in [1.54, 1.807) is 18.1 Å². The van der Waals surface area contributed by atoms with Crippen molar-refractivity contribution in [2.75, 3.05) is 18.6 Å². The molecule has 32 heavy (non-hydrogen) atoms. The van der Waals surface area contributed by atoms with E-state index in [2.05, 4.69) is 19.9 Å². The first-order valence-corrected chi connectivity index (χ1v) is 11.2. The lowest BCUT2D eigenvalue weighted by molar-refractivity contribution is -0.114. The van der Waals surface area contributed by atoms with E-state index in [4.69, 9.17) is 4.74 Å². The lowest BCUT2D eigenvalue weighted by Crippen LogP contribution is -2.29. The monoisotopic (exact) mass is 431 g/mol.